The van der Waals surface area contributed by atoms with Crippen LogP contribution in [0, 0.1) is 11.3 Å². The highest BCUT2D eigenvalue weighted by Crippen LogP contribution is 2.34. The molecule has 0 heterocycles. The molecule has 0 unspecified atom stereocenters. The number of nitrogens with one attached hydrogen (secondary N) is 1. The second-order valence-corrected chi connectivity index (χ2v) is 5.59. The molecule has 0 saturated heterocycles. The quantitative estimate of drug-likeness (QED) is 0.775. The molecule has 88 valence electrons. The molecule has 0 aromatic rings. The van der Waals surface area contributed by atoms with Gasteiger partial charge in [0.15, 0.2) is 0 Å². The van der Waals surface area contributed by atoms with Crippen LogP contribution in [0.3, 0.4) is 0 Å². The number of hydrogen-bond acceptors (Lipinski definition) is 2. The third-order valence-electron chi connectivity index (χ3n) is 3.22. The second-order valence-electron chi connectivity index (χ2n) is 5.59. The van der Waals surface area contributed by atoms with Gasteiger partial charge >= 0.3 is 0 Å². The maximum atomic E-state index is 11.9. The Morgan fingerprint density at radius 1 is 1.40 bits per heavy atom. The van der Waals surface area contributed by atoms with Crippen LogP contribution < -0.4 is 5.32 Å². The van der Waals surface area contributed by atoms with Crippen molar-refractivity contribution in [3.63, 3.8) is 0 Å². The van der Waals surface area contributed by atoms with Crippen LogP contribution in [0.4, 0.5) is 0 Å². The fourth-order valence-electron chi connectivity index (χ4n) is 1.42. The van der Waals surface area contributed by atoms with E-state index in [-0.39, 0.29) is 23.5 Å². The summed E-state index contributed by atoms with van der Waals surface area (Å²) in [4.78, 5) is 11.9. The largest absolute Gasteiger partial charge is 0.371 e. The zero-order chi connectivity index (χ0) is 11.6. The highest BCUT2D eigenvalue weighted by Gasteiger charge is 2.37. The fraction of sp³-hybridized carbons (Fsp3) is 0.917. The first-order valence-electron chi connectivity index (χ1n) is 5.69. The lowest BCUT2D eigenvalue weighted by Crippen LogP contribution is -2.47. The van der Waals surface area contributed by atoms with Gasteiger partial charge in [0, 0.05) is 13.2 Å². The summed E-state index contributed by atoms with van der Waals surface area (Å²) in [5.41, 5.74) is 0.0947. The third kappa shape index (κ3) is 3.49. The van der Waals surface area contributed by atoms with E-state index in [0.29, 0.717) is 5.92 Å². The van der Waals surface area contributed by atoms with E-state index >= 15 is 0 Å². The van der Waals surface area contributed by atoms with Crippen molar-refractivity contribution in [2.75, 3.05) is 7.11 Å². The summed E-state index contributed by atoms with van der Waals surface area (Å²) in [6.45, 7) is 8.40. The van der Waals surface area contributed by atoms with Crippen LogP contribution in [0.2, 0.25) is 0 Å². The van der Waals surface area contributed by atoms with E-state index in [1.165, 1.54) is 0 Å². The predicted molar refractivity (Wildman–Crippen MR) is 60.6 cm³/mol. The van der Waals surface area contributed by atoms with Crippen LogP contribution in [0.15, 0.2) is 0 Å². The van der Waals surface area contributed by atoms with Crippen molar-refractivity contribution in [3.05, 3.63) is 0 Å². The molecule has 1 amide bonds. The maximum absolute atomic E-state index is 11.9. The summed E-state index contributed by atoms with van der Waals surface area (Å²) >= 11 is 0. The molecular formula is C12H23NO2. The number of amides is 1. The Hall–Kier alpha value is -0.570. The number of methoxy groups -OCH3 is 1. The molecule has 0 spiro atoms. The average Bonchev–Trinajstić information content (AvgIpc) is 2.87. The second kappa shape index (κ2) is 4.52. The molecule has 0 aliphatic heterocycles. The summed E-state index contributed by atoms with van der Waals surface area (Å²) in [5.74, 6) is 0.490. The molecule has 0 aromatic carbocycles. The normalized spacial score (nSPS) is 20.9. The Morgan fingerprint density at radius 3 is 2.27 bits per heavy atom. The lowest BCUT2D eigenvalue weighted by molar-refractivity contribution is -0.133. The van der Waals surface area contributed by atoms with Gasteiger partial charge in [0.2, 0.25) is 5.91 Å². The third-order valence-corrected chi connectivity index (χ3v) is 3.22. The zero-order valence-electron chi connectivity index (χ0n) is 10.5. The summed E-state index contributed by atoms with van der Waals surface area (Å²) < 4.78 is 5.24. The predicted octanol–water partition coefficient (Wildman–Crippen LogP) is 1.96. The average molecular weight is 213 g/mol. The molecule has 1 aliphatic rings. The minimum atomic E-state index is -0.241. The summed E-state index contributed by atoms with van der Waals surface area (Å²) in [7, 11) is 1.62. The highest BCUT2D eigenvalue weighted by molar-refractivity contribution is 5.81. The molecule has 1 fully saturated rings. The van der Waals surface area contributed by atoms with Crippen molar-refractivity contribution in [2.45, 2.75) is 52.7 Å². The molecule has 3 nitrogen and oxygen atoms in total. The van der Waals surface area contributed by atoms with Crippen molar-refractivity contribution < 1.29 is 9.53 Å². The van der Waals surface area contributed by atoms with Gasteiger partial charge in [-0.2, -0.15) is 0 Å². The molecule has 1 rings (SSSR count). The van der Waals surface area contributed by atoms with Crippen LogP contribution in [0.1, 0.15) is 40.5 Å². The van der Waals surface area contributed by atoms with E-state index < -0.39 is 0 Å². The van der Waals surface area contributed by atoms with Crippen molar-refractivity contribution in [1.29, 1.82) is 0 Å². The molecule has 2 atom stereocenters. The van der Waals surface area contributed by atoms with Gasteiger partial charge in [-0.3, -0.25) is 4.79 Å². The molecule has 0 radical (unpaired) electrons. The molecule has 1 saturated carbocycles. The number of carbonyl (C=O) groups excluding carboxylic acids is 1. The van der Waals surface area contributed by atoms with Gasteiger partial charge in [-0.05, 0) is 31.1 Å². The zero-order valence-corrected chi connectivity index (χ0v) is 10.5. The topological polar surface area (TPSA) is 38.3 Å². The first-order chi connectivity index (χ1) is 6.86. The minimum absolute atomic E-state index is 0.0439. The molecule has 0 aromatic heterocycles. The Labute approximate surface area is 92.6 Å². The van der Waals surface area contributed by atoms with Crippen LogP contribution in [0.5, 0.6) is 0 Å². The lowest BCUT2D eigenvalue weighted by atomic mass is 9.88. The monoisotopic (exact) mass is 213 g/mol. The molecule has 15 heavy (non-hydrogen) atoms. The summed E-state index contributed by atoms with van der Waals surface area (Å²) in [6.07, 6.45) is 2.00. The SMILES string of the molecule is CO[C@@H](C(=O)N[C@H](C)C(C)(C)C)C1CC1. The maximum Gasteiger partial charge on any atom is 0.249 e. The smallest absolute Gasteiger partial charge is 0.249 e. The lowest BCUT2D eigenvalue weighted by Gasteiger charge is -2.29. The van der Waals surface area contributed by atoms with Gasteiger partial charge in [-0.1, -0.05) is 20.8 Å². The molecule has 3 heteroatoms. The van der Waals surface area contributed by atoms with Gasteiger partial charge < -0.3 is 10.1 Å². The van der Waals surface area contributed by atoms with Crippen molar-refractivity contribution >= 4 is 5.91 Å². The summed E-state index contributed by atoms with van der Waals surface area (Å²) in [5, 5.41) is 3.03. The Balaban J connectivity index is 2.46. The van der Waals surface area contributed by atoms with E-state index in [2.05, 4.69) is 26.1 Å². The van der Waals surface area contributed by atoms with Gasteiger partial charge in [0.05, 0.1) is 0 Å². The van der Waals surface area contributed by atoms with Gasteiger partial charge in [0.1, 0.15) is 6.10 Å². The van der Waals surface area contributed by atoms with Crippen molar-refractivity contribution in [1.82, 2.24) is 5.32 Å². The van der Waals surface area contributed by atoms with Crippen LogP contribution in [-0.4, -0.2) is 25.2 Å². The van der Waals surface area contributed by atoms with E-state index in [1.807, 2.05) is 6.92 Å². The molecular weight excluding hydrogens is 190 g/mol. The standard InChI is InChI=1S/C12H23NO2/c1-8(12(2,3)4)13-11(14)10(15-5)9-6-7-9/h8-10H,6-7H2,1-5H3,(H,13,14)/t8-,10-/m1/s1. The van der Waals surface area contributed by atoms with Crippen LogP contribution >= 0.6 is 0 Å². The molecule has 0 bridgehead atoms. The number of hydrogen-bond donors (Lipinski definition) is 1. The number of rotatable bonds is 4. The van der Waals surface area contributed by atoms with Crippen molar-refractivity contribution in [2.24, 2.45) is 11.3 Å². The van der Waals surface area contributed by atoms with Gasteiger partial charge in [-0.25, -0.2) is 0 Å². The first kappa shape index (κ1) is 12.5. The fourth-order valence-corrected chi connectivity index (χ4v) is 1.42. The molecule has 1 N–H and O–H groups in total. The first-order valence-corrected chi connectivity index (χ1v) is 5.69. The van der Waals surface area contributed by atoms with Crippen LogP contribution in [-0.2, 0) is 9.53 Å². The Morgan fingerprint density at radius 2 is 1.93 bits per heavy atom. The van der Waals surface area contributed by atoms with Gasteiger partial charge in [0.25, 0.3) is 0 Å². The van der Waals surface area contributed by atoms with E-state index in [0.717, 1.165) is 12.8 Å². The van der Waals surface area contributed by atoms with E-state index in [1.54, 1.807) is 7.11 Å². The van der Waals surface area contributed by atoms with Crippen molar-refractivity contribution in [3.8, 4) is 0 Å². The number of ether oxygens (including phenoxy) is 1. The van der Waals surface area contributed by atoms with E-state index in [4.69, 9.17) is 4.74 Å². The van der Waals surface area contributed by atoms with Gasteiger partial charge in [-0.15, -0.1) is 0 Å². The Bertz CT molecular complexity index is 228. The highest BCUT2D eigenvalue weighted by atomic mass is 16.5. The molecule has 1 aliphatic carbocycles. The number of carbonyl (C=O) groups is 1. The Kier molecular flexibility index (Phi) is 3.77. The summed E-state index contributed by atoms with van der Waals surface area (Å²) in [6, 6.07) is 0.168. The van der Waals surface area contributed by atoms with E-state index in [9.17, 15) is 4.79 Å². The minimum Gasteiger partial charge on any atom is -0.371 e. The van der Waals surface area contributed by atoms with Crippen LogP contribution in [0.25, 0.3) is 0 Å².